The number of carbonyl (C=O) groups is 2. The third kappa shape index (κ3) is 2.96. The van der Waals surface area contributed by atoms with Crippen molar-refractivity contribution in [2.24, 2.45) is 5.92 Å². The molecule has 5 nitrogen and oxygen atoms in total. The molecule has 0 radical (unpaired) electrons. The average Bonchev–Trinajstić information content (AvgIpc) is 2.56. The number of benzene rings is 1. The molecule has 0 N–H and O–H groups in total. The Balaban J connectivity index is 2.23. The maximum atomic E-state index is 12.3. The van der Waals surface area contributed by atoms with Crippen LogP contribution in [0.4, 0.5) is 5.69 Å². The largest absolute Gasteiger partial charge is 0.497 e. The van der Waals surface area contributed by atoms with Crippen LogP contribution in [0.2, 0.25) is 0 Å². The van der Waals surface area contributed by atoms with Crippen LogP contribution in [-0.2, 0) is 14.3 Å². The Morgan fingerprint density at radius 3 is 2.59 bits per heavy atom. The van der Waals surface area contributed by atoms with E-state index >= 15 is 0 Å². The highest BCUT2D eigenvalue weighted by molar-refractivity contribution is 6.04. The lowest BCUT2D eigenvalue weighted by atomic mass is 9.84. The third-order valence-electron chi connectivity index (χ3n) is 3.58. The Morgan fingerprint density at radius 2 is 2.05 bits per heavy atom. The highest BCUT2D eigenvalue weighted by Gasteiger charge is 2.46. The number of terminal acetylenes is 1. The van der Waals surface area contributed by atoms with E-state index in [0.29, 0.717) is 12.2 Å². The van der Waals surface area contributed by atoms with Crippen LogP contribution in [0.5, 0.6) is 5.75 Å². The fourth-order valence-corrected chi connectivity index (χ4v) is 2.41. The second-order valence-corrected chi connectivity index (χ2v) is 4.79. The van der Waals surface area contributed by atoms with Gasteiger partial charge < -0.3 is 14.4 Å². The Bertz CT molecular complexity index is 627. The number of esters is 1. The molecule has 22 heavy (non-hydrogen) atoms. The number of β-lactam (4-membered cyclic amide) rings is 1. The number of rotatable bonds is 5. The van der Waals surface area contributed by atoms with Gasteiger partial charge in [-0.2, -0.15) is 0 Å². The van der Waals surface area contributed by atoms with E-state index < -0.39 is 5.97 Å². The van der Waals surface area contributed by atoms with Crippen LogP contribution in [0.3, 0.4) is 0 Å². The summed E-state index contributed by atoms with van der Waals surface area (Å²) in [6, 6.07) is 6.89. The quantitative estimate of drug-likeness (QED) is 0.360. The first-order chi connectivity index (χ1) is 10.6. The van der Waals surface area contributed by atoms with Crippen molar-refractivity contribution in [2.75, 3.05) is 19.1 Å². The van der Waals surface area contributed by atoms with Crippen LogP contribution in [0.15, 0.2) is 36.4 Å². The maximum Gasteiger partial charge on any atom is 0.330 e. The predicted molar refractivity (Wildman–Crippen MR) is 82.4 cm³/mol. The molecule has 1 aliphatic rings. The van der Waals surface area contributed by atoms with Gasteiger partial charge in [-0.3, -0.25) is 4.79 Å². The molecule has 114 valence electrons. The molecule has 1 aromatic rings. The minimum atomic E-state index is -0.464. The Kier molecular flexibility index (Phi) is 4.84. The number of amides is 1. The van der Waals surface area contributed by atoms with E-state index in [2.05, 4.69) is 10.7 Å². The number of nitrogens with zero attached hydrogens (tertiary/aromatic N) is 1. The van der Waals surface area contributed by atoms with Crippen molar-refractivity contribution >= 4 is 17.6 Å². The number of anilines is 1. The topological polar surface area (TPSA) is 55.8 Å². The summed E-state index contributed by atoms with van der Waals surface area (Å²) in [5, 5.41) is 0. The van der Waals surface area contributed by atoms with Gasteiger partial charge in [0.2, 0.25) is 5.91 Å². The van der Waals surface area contributed by atoms with Crippen molar-refractivity contribution < 1.29 is 19.1 Å². The van der Waals surface area contributed by atoms with E-state index in [1.165, 1.54) is 13.2 Å². The molecule has 5 heteroatoms. The van der Waals surface area contributed by atoms with Gasteiger partial charge in [-0.1, -0.05) is 6.08 Å². The minimum absolute atomic E-state index is 0.0531. The second kappa shape index (κ2) is 6.81. The number of carbonyl (C=O) groups excluding carboxylic acids is 2. The molecule has 0 aromatic heterocycles. The lowest BCUT2D eigenvalue weighted by Gasteiger charge is -2.45. The number of methoxy groups -OCH3 is 2. The van der Waals surface area contributed by atoms with Crippen LogP contribution in [0.1, 0.15) is 6.42 Å². The highest BCUT2D eigenvalue weighted by Crippen LogP contribution is 2.36. The SMILES string of the molecule is C#CC[C@@H]1C(=O)N(c2ccc(OC)cc2)[C@@H]1/C=C/C(=O)OC. The van der Waals surface area contributed by atoms with Crippen molar-refractivity contribution in [3.8, 4) is 18.1 Å². The van der Waals surface area contributed by atoms with Gasteiger partial charge >= 0.3 is 5.97 Å². The van der Waals surface area contributed by atoms with E-state index in [4.69, 9.17) is 11.2 Å². The monoisotopic (exact) mass is 299 g/mol. The Labute approximate surface area is 129 Å². The molecule has 2 atom stereocenters. The standard InChI is InChI=1S/C17H17NO4/c1-4-5-14-15(10-11-16(19)22-3)18(17(14)20)12-6-8-13(21-2)9-7-12/h1,6-11,14-15H,5H2,2-3H3/b11-10+/t14-,15+/m0/s1. The van der Waals surface area contributed by atoms with Gasteiger partial charge in [-0.25, -0.2) is 4.79 Å². The van der Waals surface area contributed by atoms with Gasteiger partial charge in [-0.15, -0.1) is 12.3 Å². The van der Waals surface area contributed by atoms with Crippen LogP contribution in [0.25, 0.3) is 0 Å². The van der Waals surface area contributed by atoms with Crippen LogP contribution in [-0.4, -0.2) is 32.1 Å². The van der Waals surface area contributed by atoms with Crippen LogP contribution < -0.4 is 9.64 Å². The summed E-state index contributed by atoms with van der Waals surface area (Å²) in [6.45, 7) is 0. The molecule has 1 amide bonds. The summed E-state index contributed by atoms with van der Waals surface area (Å²) < 4.78 is 9.68. The molecule has 0 bridgehead atoms. The fourth-order valence-electron chi connectivity index (χ4n) is 2.41. The summed E-state index contributed by atoms with van der Waals surface area (Å²) in [7, 11) is 2.88. The predicted octanol–water partition coefficient (Wildman–Crippen LogP) is 1.78. The molecular formula is C17H17NO4. The summed E-state index contributed by atoms with van der Waals surface area (Å²) in [5.41, 5.74) is 0.735. The second-order valence-electron chi connectivity index (χ2n) is 4.79. The lowest BCUT2D eigenvalue weighted by Crippen LogP contribution is -2.60. The molecule has 1 aliphatic heterocycles. The maximum absolute atomic E-state index is 12.3. The molecule has 1 heterocycles. The van der Waals surface area contributed by atoms with Gasteiger partial charge in [0.25, 0.3) is 0 Å². The zero-order chi connectivity index (χ0) is 16.1. The van der Waals surface area contributed by atoms with E-state index in [0.717, 1.165) is 5.69 Å². The molecular weight excluding hydrogens is 282 g/mol. The molecule has 0 saturated carbocycles. The molecule has 0 aliphatic carbocycles. The van der Waals surface area contributed by atoms with Crippen molar-refractivity contribution in [3.63, 3.8) is 0 Å². The van der Waals surface area contributed by atoms with E-state index in [1.807, 2.05) is 0 Å². The van der Waals surface area contributed by atoms with Gasteiger partial charge in [0.15, 0.2) is 0 Å². The summed E-state index contributed by atoms with van der Waals surface area (Å²) in [5.74, 6) is 2.38. The molecule has 0 unspecified atom stereocenters. The summed E-state index contributed by atoms with van der Waals surface area (Å²) in [4.78, 5) is 25.2. The lowest BCUT2D eigenvalue weighted by molar-refractivity contribution is -0.135. The van der Waals surface area contributed by atoms with Gasteiger partial charge in [0.1, 0.15) is 5.75 Å². The summed E-state index contributed by atoms with van der Waals surface area (Å²) in [6.07, 6.45) is 8.62. The van der Waals surface area contributed by atoms with Crippen molar-refractivity contribution in [2.45, 2.75) is 12.5 Å². The van der Waals surface area contributed by atoms with Gasteiger partial charge in [-0.05, 0) is 24.3 Å². The zero-order valence-electron chi connectivity index (χ0n) is 12.5. The molecule has 1 fully saturated rings. The molecule has 2 rings (SSSR count). The third-order valence-corrected chi connectivity index (χ3v) is 3.58. The first-order valence-electron chi connectivity index (χ1n) is 6.79. The number of ether oxygens (including phenoxy) is 2. The van der Waals surface area contributed by atoms with Crippen molar-refractivity contribution in [1.82, 2.24) is 0 Å². The van der Waals surface area contributed by atoms with E-state index in [1.54, 1.807) is 42.4 Å². The molecule has 1 aromatic carbocycles. The fraction of sp³-hybridized carbons (Fsp3) is 0.294. The first kappa shape index (κ1) is 15.6. The number of hydrogen-bond donors (Lipinski definition) is 0. The van der Waals surface area contributed by atoms with Crippen LogP contribution >= 0.6 is 0 Å². The normalized spacial score (nSPS) is 20.4. The van der Waals surface area contributed by atoms with Crippen molar-refractivity contribution in [3.05, 3.63) is 36.4 Å². The van der Waals surface area contributed by atoms with Crippen molar-refractivity contribution in [1.29, 1.82) is 0 Å². The van der Waals surface area contributed by atoms with Gasteiger partial charge in [0, 0.05) is 18.2 Å². The molecule has 0 spiro atoms. The first-order valence-corrected chi connectivity index (χ1v) is 6.79. The Morgan fingerprint density at radius 1 is 1.36 bits per heavy atom. The number of hydrogen-bond acceptors (Lipinski definition) is 4. The van der Waals surface area contributed by atoms with Gasteiger partial charge in [0.05, 0.1) is 26.2 Å². The van der Waals surface area contributed by atoms with Crippen LogP contribution in [0, 0.1) is 18.3 Å². The highest BCUT2D eigenvalue weighted by atomic mass is 16.5. The average molecular weight is 299 g/mol. The minimum Gasteiger partial charge on any atom is -0.497 e. The smallest absolute Gasteiger partial charge is 0.330 e. The summed E-state index contributed by atoms with van der Waals surface area (Å²) >= 11 is 0. The van der Waals surface area contributed by atoms with E-state index in [-0.39, 0.29) is 17.9 Å². The van der Waals surface area contributed by atoms with E-state index in [9.17, 15) is 9.59 Å². The zero-order valence-corrected chi connectivity index (χ0v) is 12.5. The molecule has 1 saturated heterocycles. The Hall–Kier alpha value is -2.74.